The van der Waals surface area contributed by atoms with E-state index in [4.69, 9.17) is 9.47 Å². The summed E-state index contributed by atoms with van der Waals surface area (Å²) in [6, 6.07) is 21.1. The molecule has 1 aliphatic rings. The second kappa shape index (κ2) is 11.1. The zero-order valence-corrected chi connectivity index (χ0v) is 22.7. The van der Waals surface area contributed by atoms with E-state index < -0.39 is 17.7 Å². The SMILES string of the molecule is CCCOc1ccccc1N1C(=O)C(=O)/C(=C(\O)c2cccc(OCC)c2)C1c1ccc(C(C)(C)C)cc1. The van der Waals surface area contributed by atoms with Crippen LogP contribution in [0.5, 0.6) is 11.5 Å². The normalized spacial score (nSPS) is 17.1. The van der Waals surface area contributed by atoms with Crippen LogP contribution in [0.2, 0.25) is 0 Å². The lowest BCUT2D eigenvalue weighted by Crippen LogP contribution is -2.30. The fourth-order valence-electron chi connectivity index (χ4n) is 4.61. The van der Waals surface area contributed by atoms with Crippen molar-refractivity contribution in [1.82, 2.24) is 0 Å². The average Bonchev–Trinajstić information content (AvgIpc) is 3.17. The van der Waals surface area contributed by atoms with Crippen LogP contribution in [0.4, 0.5) is 5.69 Å². The summed E-state index contributed by atoms with van der Waals surface area (Å²) >= 11 is 0. The maximum Gasteiger partial charge on any atom is 0.300 e. The third-order valence-corrected chi connectivity index (χ3v) is 6.54. The zero-order valence-electron chi connectivity index (χ0n) is 22.7. The quantitative estimate of drug-likeness (QED) is 0.204. The number of rotatable bonds is 8. The largest absolute Gasteiger partial charge is 0.507 e. The van der Waals surface area contributed by atoms with Gasteiger partial charge in [-0.05, 0) is 54.2 Å². The molecule has 6 nitrogen and oxygen atoms in total. The van der Waals surface area contributed by atoms with Crippen LogP contribution in [0.15, 0.2) is 78.4 Å². The fraction of sp³-hybridized carbons (Fsp3) is 0.312. The van der Waals surface area contributed by atoms with E-state index in [1.165, 1.54) is 4.90 Å². The number of Topliss-reactive ketones (excluding diaryl/α,β-unsaturated/α-hetero) is 1. The summed E-state index contributed by atoms with van der Waals surface area (Å²) in [7, 11) is 0. The van der Waals surface area contributed by atoms with Crippen LogP contribution in [-0.4, -0.2) is 30.0 Å². The maximum atomic E-state index is 13.6. The Kier molecular flexibility index (Phi) is 7.91. The number of anilines is 1. The number of aliphatic hydroxyl groups excluding tert-OH is 1. The van der Waals surface area contributed by atoms with Crippen molar-refractivity contribution in [3.8, 4) is 11.5 Å². The van der Waals surface area contributed by atoms with Gasteiger partial charge >= 0.3 is 0 Å². The first-order chi connectivity index (χ1) is 18.2. The van der Waals surface area contributed by atoms with Gasteiger partial charge in [0, 0.05) is 5.56 Å². The molecule has 1 atom stereocenters. The van der Waals surface area contributed by atoms with Gasteiger partial charge in [0.1, 0.15) is 17.3 Å². The molecule has 0 aliphatic carbocycles. The third kappa shape index (κ3) is 5.30. The van der Waals surface area contributed by atoms with Gasteiger partial charge in [0.15, 0.2) is 0 Å². The third-order valence-electron chi connectivity index (χ3n) is 6.54. The van der Waals surface area contributed by atoms with Gasteiger partial charge in [0.05, 0.1) is 30.5 Å². The van der Waals surface area contributed by atoms with E-state index in [1.807, 2.05) is 44.2 Å². The van der Waals surface area contributed by atoms with Gasteiger partial charge < -0.3 is 14.6 Å². The second-order valence-electron chi connectivity index (χ2n) is 10.3. The molecule has 3 aromatic carbocycles. The van der Waals surface area contributed by atoms with Crippen LogP contribution in [0.3, 0.4) is 0 Å². The Hall–Kier alpha value is -4.06. The molecule has 0 radical (unpaired) electrons. The molecule has 6 heteroatoms. The standard InChI is InChI=1S/C32H35NO5/c1-6-19-38-26-14-9-8-13-25(26)33-28(21-15-17-23(18-16-21)32(3,4)5)27(30(35)31(33)36)29(34)22-11-10-12-24(20-22)37-7-2/h8-18,20,28,34H,6-7,19H2,1-5H3/b29-27-. The molecule has 3 aromatic rings. The van der Waals surface area contributed by atoms with Crippen molar-refractivity contribution in [3.63, 3.8) is 0 Å². The lowest BCUT2D eigenvalue weighted by molar-refractivity contribution is -0.132. The fourth-order valence-corrected chi connectivity index (χ4v) is 4.61. The highest BCUT2D eigenvalue weighted by Crippen LogP contribution is 2.45. The van der Waals surface area contributed by atoms with Crippen molar-refractivity contribution in [3.05, 3.63) is 95.1 Å². The van der Waals surface area contributed by atoms with E-state index in [0.29, 0.717) is 41.5 Å². The molecule has 1 fully saturated rings. The number of benzene rings is 3. The molecule has 1 amide bonds. The van der Waals surface area contributed by atoms with Crippen molar-refractivity contribution in [2.45, 2.75) is 52.5 Å². The van der Waals surface area contributed by atoms with E-state index in [0.717, 1.165) is 12.0 Å². The summed E-state index contributed by atoms with van der Waals surface area (Å²) in [5, 5.41) is 11.5. The number of ether oxygens (including phenoxy) is 2. The van der Waals surface area contributed by atoms with E-state index >= 15 is 0 Å². The molecule has 1 saturated heterocycles. The number of nitrogens with zero attached hydrogens (tertiary/aromatic N) is 1. The molecule has 0 aromatic heterocycles. The van der Waals surface area contributed by atoms with Crippen molar-refractivity contribution in [2.24, 2.45) is 0 Å². The van der Waals surface area contributed by atoms with Crippen molar-refractivity contribution in [1.29, 1.82) is 0 Å². The van der Waals surface area contributed by atoms with Gasteiger partial charge in [-0.1, -0.05) is 76.2 Å². The molecule has 198 valence electrons. The maximum absolute atomic E-state index is 13.6. The van der Waals surface area contributed by atoms with Gasteiger partial charge in [0.2, 0.25) is 0 Å². The Morgan fingerprint density at radius 3 is 2.29 bits per heavy atom. The first kappa shape index (κ1) is 27.0. The smallest absolute Gasteiger partial charge is 0.300 e. The predicted molar refractivity (Wildman–Crippen MR) is 150 cm³/mol. The van der Waals surface area contributed by atoms with Crippen LogP contribution in [0.1, 0.15) is 63.8 Å². The van der Waals surface area contributed by atoms with Crippen molar-refractivity contribution in [2.75, 3.05) is 18.1 Å². The first-order valence-electron chi connectivity index (χ1n) is 13.0. The number of hydrogen-bond donors (Lipinski definition) is 1. The van der Waals surface area contributed by atoms with E-state index in [9.17, 15) is 14.7 Å². The average molecular weight is 514 g/mol. The van der Waals surface area contributed by atoms with Gasteiger partial charge in [-0.15, -0.1) is 0 Å². The van der Waals surface area contributed by atoms with Gasteiger partial charge in [-0.25, -0.2) is 0 Å². The minimum Gasteiger partial charge on any atom is -0.507 e. The summed E-state index contributed by atoms with van der Waals surface area (Å²) in [5.41, 5.74) is 2.67. The Balaban J connectivity index is 1.92. The lowest BCUT2D eigenvalue weighted by atomic mass is 9.85. The lowest BCUT2D eigenvalue weighted by Gasteiger charge is -2.28. The molecule has 1 N–H and O–H groups in total. The number of carbonyl (C=O) groups excluding carboxylic acids is 2. The second-order valence-corrected chi connectivity index (χ2v) is 10.3. The molecular formula is C32H35NO5. The minimum atomic E-state index is -0.842. The molecule has 38 heavy (non-hydrogen) atoms. The summed E-state index contributed by atoms with van der Waals surface area (Å²) in [4.78, 5) is 28.6. The van der Waals surface area contributed by atoms with Crippen LogP contribution in [0, 0.1) is 0 Å². The molecular weight excluding hydrogens is 478 g/mol. The molecule has 4 rings (SSSR count). The zero-order chi connectivity index (χ0) is 27.4. The van der Waals surface area contributed by atoms with E-state index in [-0.39, 0.29) is 16.7 Å². The Bertz CT molecular complexity index is 1350. The summed E-state index contributed by atoms with van der Waals surface area (Å²) < 4.78 is 11.5. The van der Waals surface area contributed by atoms with Gasteiger partial charge in [0.25, 0.3) is 11.7 Å². The molecule has 1 aliphatic heterocycles. The van der Waals surface area contributed by atoms with Gasteiger partial charge in [-0.2, -0.15) is 0 Å². The number of ketones is 1. The molecule has 1 unspecified atom stereocenters. The van der Waals surface area contributed by atoms with Crippen molar-refractivity contribution < 1.29 is 24.2 Å². The predicted octanol–water partition coefficient (Wildman–Crippen LogP) is 6.80. The van der Waals surface area contributed by atoms with E-state index in [1.54, 1.807) is 42.5 Å². The number of para-hydroxylation sites is 2. The molecule has 0 spiro atoms. The van der Waals surface area contributed by atoms with Crippen LogP contribution >= 0.6 is 0 Å². The number of hydrogen-bond acceptors (Lipinski definition) is 5. The minimum absolute atomic E-state index is 0.0254. The van der Waals surface area contributed by atoms with E-state index in [2.05, 4.69) is 20.8 Å². The summed E-state index contributed by atoms with van der Waals surface area (Å²) in [5.74, 6) is -0.644. The van der Waals surface area contributed by atoms with Crippen LogP contribution < -0.4 is 14.4 Å². The van der Waals surface area contributed by atoms with Crippen LogP contribution in [-0.2, 0) is 15.0 Å². The first-order valence-corrected chi connectivity index (χ1v) is 13.0. The number of aliphatic hydroxyl groups is 1. The Morgan fingerprint density at radius 2 is 1.63 bits per heavy atom. The molecule has 0 bridgehead atoms. The topological polar surface area (TPSA) is 76.1 Å². The van der Waals surface area contributed by atoms with Crippen molar-refractivity contribution >= 4 is 23.1 Å². The Morgan fingerprint density at radius 1 is 0.921 bits per heavy atom. The summed E-state index contributed by atoms with van der Waals surface area (Å²) in [6.07, 6.45) is 0.793. The van der Waals surface area contributed by atoms with Gasteiger partial charge in [-0.3, -0.25) is 14.5 Å². The number of amides is 1. The highest BCUT2D eigenvalue weighted by molar-refractivity contribution is 6.51. The highest BCUT2D eigenvalue weighted by Gasteiger charge is 2.47. The highest BCUT2D eigenvalue weighted by atomic mass is 16.5. The summed E-state index contributed by atoms with van der Waals surface area (Å²) in [6.45, 7) is 11.2. The molecule has 1 heterocycles. The number of carbonyl (C=O) groups is 2. The molecule has 0 saturated carbocycles. The Labute approximate surface area is 224 Å². The van der Waals surface area contributed by atoms with Crippen LogP contribution in [0.25, 0.3) is 5.76 Å². The monoisotopic (exact) mass is 513 g/mol.